The van der Waals surface area contributed by atoms with Crippen LogP contribution in [-0.2, 0) is 24.4 Å². The zero-order chi connectivity index (χ0) is 27.8. The number of piperidine rings is 1. The molecule has 1 atom stereocenters. The molecule has 2 aromatic rings. The molecule has 40 heavy (non-hydrogen) atoms. The van der Waals surface area contributed by atoms with E-state index in [1.165, 1.54) is 32.0 Å². The van der Waals surface area contributed by atoms with E-state index in [0.717, 1.165) is 47.7 Å². The Morgan fingerprint density at radius 3 is 2.62 bits per heavy atom. The molecule has 0 saturated carbocycles. The number of fused-ring (bicyclic) bond motifs is 1. The van der Waals surface area contributed by atoms with Crippen molar-refractivity contribution < 1.29 is 65.7 Å². The average molecular weight is 595 g/mol. The van der Waals surface area contributed by atoms with Gasteiger partial charge in [0.1, 0.15) is 11.6 Å². The first-order valence-corrected chi connectivity index (χ1v) is 14.0. The zero-order valence-corrected chi connectivity index (χ0v) is 28.2. The van der Waals surface area contributed by atoms with Crippen molar-refractivity contribution in [2.24, 2.45) is 0 Å². The van der Waals surface area contributed by atoms with E-state index in [2.05, 4.69) is 38.7 Å². The predicted molar refractivity (Wildman–Crippen MR) is 154 cm³/mol. The molecule has 1 aromatic heterocycles. The molecule has 11 heteroatoms. The number of likely N-dealkylation sites (tertiary alicyclic amines) is 2. The second-order valence-electron chi connectivity index (χ2n) is 10.2. The SMILES string of the molecule is C=CC(=O)N1[CH-]CCCC1CNc1nc(OC)nc2c1CN(Cc1cc(OC)ccc1Cl)C2.CN1CCCC1.[K+]. The van der Waals surface area contributed by atoms with Crippen LogP contribution < -0.4 is 66.2 Å². The van der Waals surface area contributed by atoms with E-state index in [9.17, 15) is 4.79 Å². The van der Waals surface area contributed by atoms with Crippen LogP contribution in [0.5, 0.6) is 11.8 Å². The van der Waals surface area contributed by atoms with E-state index in [-0.39, 0.29) is 63.3 Å². The molecule has 0 radical (unpaired) electrons. The third-order valence-electron chi connectivity index (χ3n) is 7.38. The van der Waals surface area contributed by atoms with Crippen LogP contribution in [0.3, 0.4) is 0 Å². The fourth-order valence-electron chi connectivity index (χ4n) is 5.22. The summed E-state index contributed by atoms with van der Waals surface area (Å²) >= 11 is 6.42. The third kappa shape index (κ3) is 8.88. The molecule has 0 bridgehead atoms. The van der Waals surface area contributed by atoms with Gasteiger partial charge in [-0.3, -0.25) is 9.69 Å². The molecule has 4 heterocycles. The molecule has 0 spiro atoms. The molecule has 1 unspecified atom stereocenters. The van der Waals surface area contributed by atoms with Crippen molar-refractivity contribution in [1.29, 1.82) is 0 Å². The number of halogens is 1. The number of hydrogen-bond acceptors (Lipinski definition) is 8. The second kappa shape index (κ2) is 16.4. The van der Waals surface area contributed by atoms with Gasteiger partial charge in [0.15, 0.2) is 0 Å². The smallest absolute Gasteiger partial charge is 0.497 e. The summed E-state index contributed by atoms with van der Waals surface area (Å²) in [5.41, 5.74) is 2.96. The summed E-state index contributed by atoms with van der Waals surface area (Å²) in [5, 5.41) is 4.16. The van der Waals surface area contributed by atoms with E-state index in [4.69, 9.17) is 21.1 Å². The zero-order valence-electron chi connectivity index (χ0n) is 24.3. The molecule has 0 aliphatic carbocycles. The Labute approximate surface area is 286 Å². The summed E-state index contributed by atoms with van der Waals surface area (Å²) in [5.74, 6) is 1.44. The van der Waals surface area contributed by atoms with E-state index in [0.29, 0.717) is 37.2 Å². The molecule has 1 amide bonds. The van der Waals surface area contributed by atoms with Crippen LogP contribution in [0.1, 0.15) is 48.9 Å². The van der Waals surface area contributed by atoms with Gasteiger partial charge in [0.05, 0.1) is 19.9 Å². The average Bonchev–Trinajstić information content (AvgIpc) is 3.61. The molecule has 5 rings (SSSR count). The van der Waals surface area contributed by atoms with Crippen molar-refractivity contribution in [2.45, 2.75) is 57.8 Å². The van der Waals surface area contributed by atoms with Gasteiger partial charge >= 0.3 is 57.4 Å². The molecule has 2 saturated heterocycles. The fourth-order valence-corrected chi connectivity index (χ4v) is 5.40. The largest absolute Gasteiger partial charge is 1.00 e. The predicted octanol–water partition coefficient (Wildman–Crippen LogP) is 1.52. The molecule has 3 aliphatic rings. The van der Waals surface area contributed by atoms with Gasteiger partial charge in [-0.25, -0.2) is 6.54 Å². The van der Waals surface area contributed by atoms with Crippen molar-refractivity contribution in [2.75, 3.05) is 46.2 Å². The molecule has 1 N–H and O–H groups in total. The summed E-state index contributed by atoms with van der Waals surface area (Å²) in [6.07, 6.45) is 7.06. The first-order chi connectivity index (χ1) is 18.9. The van der Waals surface area contributed by atoms with Crippen molar-refractivity contribution in [3.8, 4) is 11.8 Å². The van der Waals surface area contributed by atoms with Gasteiger partial charge in [-0.2, -0.15) is 16.4 Å². The van der Waals surface area contributed by atoms with Crippen molar-refractivity contribution in [3.05, 3.63) is 59.2 Å². The number of nitrogens with zero attached hydrogens (tertiary/aromatic N) is 5. The molecule has 212 valence electrons. The summed E-state index contributed by atoms with van der Waals surface area (Å²) < 4.78 is 10.7. The number of ether oxygens (including phenoxy) is 2. The van der Waals surface area contributed by atoms with Crippen molar-refractivity contribution in [3.63, 3.8) is 0 Å². The Morgan fingerprint density at radius 2 is 1.98 bits per heavy atom. The van der Waals surface area contributed by atoms with Crippen LogP contribution in [0.4, 0.5) is 5.82 Å². The number of aromatic nitrogens is 2. The monoisotopic (exact) mass is 594 g/mol. The summed E-state index contributed by atoms with van der Waals surface area (Å²) in [6, 6.07) is 6.04. The number of amides is 1. The quantitative estimate of drug-likeness (QED) is 0.280. The molecule has 1 aromatic carbocycles. The number of benzene rings is 1. The Morgan fingerprint density at radius 1 is 1.20 bits per heavy atom. The minimum absolute atomic E-state index is 0. The number of methoxy groups -OCH3 is 2. The van der Waals surface area contributed by atoms with E-state index >= 15 is 0 Å². The first kappa shape index (κ1) is 33.3. The van der Waals surface area contributed by atoms with Gasteiger partial charge in [0, 0.05) is 42.8 Å². The normalized spacial score (nSPS) is 18.7. The molecule has 3 aliphatic heterocycles. The van der Waals surface area contributed by atoms with E-state index in [1.54, 1.807) is 19.1 Å². The Balaban J connectivity index is 0.000000559. The Hall–Kier alpha value is -1.24. The maximum absolute atomic E-state index is 12.2. The van der Waals surface area contributed by atoms with Crippen molar-refractivity contribution >= 4 is 23.3 Å². The van der Waals surface area contributed by atoms with Gasteiger partial charge in [0.2, 0.25) is 5.91 Å². The topological polar surface area (TPSA) is 83.1 Å². The van der Waals surface area contributed by atoms with Crippen LogP contribution in [0.2, 0.25) is 5.02 Å². The van der Waals surface area contributed by atoms with Crippen LogP contribution in [-0.4, -0.2) is 77.5 Å². The van der Waals surface area contributed by atoms with Crippen LogP contribution in [0.15, 0.2) is 30.9 Å². The van der Waals surface area contributed by atoms with E-state index in [1.807, 2.05) is 24.7 Å². The number of carbonyl (C=O) groups is 1. The van der Waals surface area contributed by atoms with Crippen LogP contribution in [0.25, 0.3) is 0 Å². The van der Waals surface area contributed by atoms with Crippen LogP contribution in [0, 0.1) is 6.54 Å². The number of nitrogens with one attached hydrogen (secondary N) is 1. The van der Waals surface area contributed by atoms with Gasteiger partial charge < -0.3 is 24.6 Å². The minimum atomic E-state index is -0.0756. The standard InChI is InChI=1S/C24H29ClN5O3.C5H11N.K/c1-4-22(31)30-10-6-5-7-17(30)12-26-23-19-14-29(15-21(19)27-24(28-23)33-3)13-16-11-18(32-2)8-9-20(16)25;1-6-4-2-3-5-6;/h4,8-11,17H,1,5-7,12-15H2,2-3H3,(H,26,27,28);2-5H2,1H3;/q-1;;+1. The van der Waals surface area contributed by atoms with Gasteiger partial charge in [-0.1, -0.05) is 24.6 Å². The molecular formula is C29H40ClKN6O3. The second-order valence-corrected chi connectivity index (χ2v) is 10.6. The summed E-state index contributed by atoms with van der Waals surface area (Å²) in [6.45, 7) is 10.8. The number of hydrogen-bond donors (Lipinski definition) is 1. The number of rotatable bonds is 8. The van der Waals surface area contributed by atoms with Gasteiger partial charge in [0.25, 0.3) is 0 Å². The molecule has 2 fully saturated rings. The van der Waals surface area contributed by atoms with Crippen LogP contribution >= 0.6 is 11.6 Å². The third-order valence-corrected chi connectivity index (χ3v) is 7.75. The maximum Gasteiger partial charge on any atom is 1.00 e. The van der Waals surface area contributed by atoms with Gasteiger partial charge in [-0.15, -0.1) is 0 Å². The molecular weight excluding hydrogens is 555 g/mol. The molecule has 9 nitrogen and oxygen atoms in total. The summed E-state index contributed by atoms with van der Waals surface area (Å²) in [7, 11) is 5.38. The Bertz CT molecular complexity index is 1150. The number of anilines is 1. The number of carbonyl (C=O) groups excluding carboxylic acids is 1. The van der Waals surface area contributed by atoms with E-state index < -0.39 is 0 Å². The minimum Gasteiger partial charge on any atom is -0.497 e. The Kier molecular flexibility index (Phi) is 13.6. The summed E-state index contributed by atoms with van der Waals surface area (Å²) in [4.78, 5) is 27.8. The first-order valence-electron chi connectivity index (χ1n) is 13.6. The van der Waals surface area contributed by atoms with Crippen molar-refractivity contribution in [1.82, 2.24) is 24.7 Å². The maximum atomic E-state index is 12.2. The fraction of sp³-hybridized carbons (Fsp3) is 0.517. The van der Waals surface area contributed by atoms with Gasteiger partial charge in [-0.05, 0) is 69.2 Å².